The molecule has 0 aliphatic rings. The van der Waals surface area contributed by atoms with E-state index >= 15 is 0 Å². The summed E-state index contributed by atoms with van der Waals surface area (Å²) in [7, 11) is 0. The van der Waals surface area contributed by atoms with Crippen LogP contribution in [-0.2, 0) is 6.18 Å². The normalized spacial score (nSPS) is 11.3. The molecule has 4 N–H and O–H groups in total. The highest BCUT2D eigenvalue weighted by atomic mass is 79.9. The van der Waals surface area contributed by atoms with E-state index in [4.69, 9.17) is 5.84 Å². The van der Waals surface area contributed by atoms with Crippen molar-refractivity contribution < 1.29 is 17.6 Å². The van der Waals surface area contributed by atoms with Crippen LogP contribution in [0.5, 0.6) is 0 Å². The summed E-state index contributed by atoms with van der Waals surface area (Å²) in [4.78, 5) is 6.94. The Labute approximate surface area is 124 Å². The van der Waals surface area contributed by atoms with Gasteiger partial charge in [-0.3, -0.25) is 5.43 Å². The van der Waals surface area contributed by atoms with E-state index in [0.29, 0.717) is 10.5 Å². The fourth-order valence-electron chi connectivity index (χ4n) is 1.45. The maximum absolute atomic E-state index is 13.2. The Morgan fingerprint density at radius 2 is 1.86 bits per heavy atom. The Balaban J connectivity index is 2.42. The third-order valence-corrected chi connectivity index (χ3v) is 3.03. The molecule has 0 aliphatic heterocycles. The minimum absolute atomic E-state index is 0.184. The molecule has 0 fully saturated rings. The molecule has 1 aromatic heterocycles. The van der Waals surface area contributed by atoms with Gasteiger partial charge in [0.05, 0.1) is 5.69 Å². The van der Waals surface area contributed by atoms with Crippen LogP contribution in [0.1, 0.15) is 5.69 Å². The van der Waals surface area contributed by atoms with Gasteiger partial charge in [-0.25, -0.2) is 15.2 Å². The quantitative estimate of drug-likeness (QED) is 0.441. The van der Waals surface area contributed by atoms with Crippen molar-refractivity contribution in [2.75, 3.05) is 10.7 Å². The molecular weight excluding hydrogens is 358 g/mol. The fraction of sp³-hybridized carbons (Fsp3) is 0.0909. The van der Waals surface area contributed by atoms with Gasteiger partial charge in [-0.2, -0.15) is 18.2 Å². The number of nitrogens with two attached hydrogens (primary N) is 1. The molecule has 0 bridgehead atoms. The summed E-state index contributed by atoms with van der Waals surface area (Å²) in [5.41, 5.74) is 0.976. The van der Waals surface area contributed by atoms with E-state index in [2.05, 4.69) is 31.2 Å². The minimum atomic E-state index is -4.66. The van der Waals surface area contributed by atoms with Gasteiger partial charge in [0.2, 0.25) is 5.95 Å². The van der Waals surface area contributed by atoms with Crippen LogP contribution in [0.4, 0.5) is 35.0 Å². The molecule has 1 aromatic carbocycles. The fourth-order valence-corrected chi connectivity index (χ4v) is 1.80. The highest BCUT2D eigenvalue weighted by Crippen LogP contribution is 2.31. The molecule has 21 heavy (non-hydrogen) atoms. The average Bonchev–Trinajstić information content (AvgIpc) is 2.41. The van der Waals surface area contributed by atoms with Crippen LogP contribution < -0.4 is 16.6 Å². The maximum atomic E-state index is 13.2. The lowest BCUT2D eigenvalue weighted by molar-refractivity contribution is -0.141. The van der Waals surface area contributed by atoms with Crippen molar-refractivity contribution in [3.63, 3.8) is 0 Å². The van der Waals surface area contributed by atoms with Gasteiger partial charge in [0.25, 0.3) is 0 Å². The van der Waals surface area contributed by atoms with Crippen molar-refractivity contribution in [1.29, 1.82) is 0 Å². The Kier molecular flexibility index (Phi) is 4.28. The molecule has 0 unspecified atom stereocenters. The van der Waals surface area contributed by atoms with Crippen LogP contribution in [0.2, 0.25) is 0 Å². The molecule has 0 spiro atoms. The molecule has 0 saturated heterocycles. The summed E-state index contributed by atoms with van der Waals surface area (Å²) < 4.78 is 51.7. The van der Waals surface area contributed by atoms with E-state index in [-0.39, 0.29) is 11.5 Å². The van der Waals surface area contributed by atoms with Crippen molar-refractivity contribution in [2.24, 2.45) is 5.84 Å². The number of hydrogen-bond donors (Lipinski definition) is 3. The number of halogens is 5. The number of anilines is 3. The molecule has 0 atom stereocenters. The second-order valence-electron chi connectivity index (χ2n) is 3.85. The third kappa shape index (κ3) is 3.79. The number of nitrogens with one attached hydrogen (secondary N) is 2. The molecule has 1 heterocycles. The van der Waals surface area contributed by atoms with Crippen LogP contribution in [0.25, 0.3) is 0 Å². The van der Waals surface area contributed by atoms with Crippen LogP contribution in [0.3, 0.4) is 0 Å². The second-order valence-corrected chi connectivity index (χ2v) is 4.71. The van der Waals surface area contributed by atoms with Gasteiger partial charge >= 0.3 is 6.18 Å². The zero-order valence-electron chi connectivity index (χ0n) is 10.2. The van der Waals surface area contributed by atoms with Crippen molar-refractivity contribution in [3.05, 3.63) is 40.2 Å². The standard InChI is InChI=1S/C11H8BrF4N5/c12-6-2-1-5(13)3-7(6)18-9-4-8(11(14,15)16)19-10(20-9)21-17/h1-4H,17H2,(H2,18,19,20,21). The largest absolute Gasteiger partial charge is 0.433 e. The molecule has 0 amide bonds. The van der Waals surface area contributed by atoms with E-state index in [1.165, 1.54) is 12.1 Å². The van der Waals surface area contributed by atoms with Gasteiger partial charge in [0.1, 0.15) is 11.6 Å². The molecule has 10 heteroatoms. The summed E-state index contributed by atoms with van der Waals surface area (Å²) in [5.74, 6) is 3.89. The second kappa shape index (κ2) is 5.82. The predicted octanol–water partition coefficient (Wildman–Crippen LogP) is 3.43. The Bertz CT molecular complexity index is 662. The lowest BCUT2D eigenvalue weighted by Crippen LogP contribution is -2.16. The summed E-state index contributed by atoms with van der Waals surface area (Å²) >= 11 is 3.15. The molecular formula is C11H8BrF4N5. The lowest BCUT2D eigenvalue weighted by atomic mass is 10.3. The van der Waals surface area contributed by atoms with Gasteiger partial charge in [-0.1, -0.05) is 0 Å². The number of rotatable bonds is 3. The van der Waals surface area contributed by atoms with E-state index in [9.17, 15) is 17.6 Å². The number of aromatic nitrogens is 2. The molecule has 0 saturated carbocycles. The summed E-state index contributed by atoms with van der Waals surface area (Å²) in [6.45, 7) is 0. The van der Waals surface area contributed by atoms with Crippen molar-refractivity contribution in [1.82, 2.24) is 9.97 Å². The van der Waals surface area contributed by atoms with E-state index < -0.39 is 23.6 Å². The average molecular weight is 366 g/mol. The molecule has 112 valence electrons. The SMILES string of the molecule is NNc1nc(Nc2cc(F)ccc2Br)cc(C(F)(F)F)n1. The van der Waals surface area contributed by atoms with E-state index in [1.807, 2.05) is 5.43 Å². The van der Waals surface area contributed by atoms with Gasteiger partial charge in [-0.05, 0) is 34.1 Å². The highest BCUT2D eigenvalue weighted by Gasteiger charge is 2.33. The number of nitrogen functional groups attached to an aromatic ring is 1. The van der Waals surface area contributed by atoms with Gasteiger partial charge in [0, 0.05) is 10.5 Å². The van der Waals surface area contributed by atoms with Gasteiger partial charge < -0.3 is 5.32 Å². The first kappa shape index (κ1) is 15.4. The first-order chi connectivity index (χ1) is 9.79. The zero-order chi connectivity index (χ0) is 15.6. The first-order valence-electron chi connectivity index (χ1n) is 5.44. The maximum Gasteiger partial charge on any atom is 0.433 e. The molecule has 5 nitrogen and oxygen atoms in total. The van der Waals surface area contributed by atoms with Crippen molar-refractivity contribution >= 4 is 33.4 Å². The Hall–Kier alpha value is -1.94. The third-order valence-electron chi connectivity index (χ3n) is 2.34. The minimum Gasteiger partial charge on any atom is -0.339 e. The summed E-state index contributed by atoms with van der Waals surface area (Å²) in [6.07, 6.45) is -4.66. The van der Waals surface area contributed by atoms with Crippen molar-refractivity contribution in [2.45, 2.75) is 6.18 Å². The zero-order valence-corrected chi connectivity index (χ0v) is 11.8. The van der Waals surface area contributed by atoms with E-state index in [0.717, 1.165) is 6.07 Å². The van der Waals surface area contributed by atoms with Gasteiger partial charge in [-0.15, -0.1) is 0 Å². The van der Waals surface area contributed by atoms with Crippen molar-refractivity contribution in [3.8, 4) is 0 Å². The van der Waals surface area contributed by atoms with Crippen LogP contribution in [-0.4, -0.2) is 9.97 Å². The number of hydrazine groups is 1. The molecule has 0 radical (unpaired) electrons. The van der Waals surface area contributed by atoms with Gasteiger partial charge in [0.15, 0.2) is 5.69 Å². The number of benzene rings is 1. The molecule has 2 rings (SSSR count). The first-order valence-corrected chi connectivity index (χ1v) is 6.24. The number of nitrogens with zero attached hydrogens (tertiary/aromatic N) is 2. The van der Waals surface area contributed by atoms with Crippen LogP contribution >= 0.6 is 15.9 Å². The topological polar surface area (TPSA) is 75.9 Å². The smallest absolute Gasteiger partial charge is 0.339 e. The van der Waals surface area contributed by atoms with E-state index in [1.54, 1.807) is 0 Å². The number of alkyl halides is 3. The Morgan fingerprint density at radius 3 is 2.48 bits per heavy atom. The van der Waals surface area contributed by atoms with Crippen LogP contribution in [0, 0.1) is 5.82 Å². The monoisotopic (exact) mass is 365 g/mol. The summed E-state index contributed by atoms with van der Waals surface area (Å²) in [6, 6.07) is 4.40. The van der Waals surface area contributed by atoms with Crippen LogP contribution in [0.15, 0.2) is 28.7 Å². The summed E-state index contributed by atoms with van der Waals surface area (Å²) in [5, 5.41) is 2.57. The molecule has 0 aliphatic carbocycles. The Morgan fingerprint density at radius 1 is 1.14 bits per heavy atom. The lowest BCUT2D eigenvalue weighted by Gasteiger charge is -2.12. The predicted molar refractivity (Wildman–Crippen MR) is 72.2 cm³/mol. The molecule has 2 aromatic rings. The highest BCUT2D eigenvalue weighted by molar-refractivity contribution is 9.10. The number of hydrogen-bond acceptors (Lipinski definition) is 5.